The molecule has 0 bridgehead atoms. The van der Waals surface area contributed by atoms with E-state index in [0.29, 0.717) is 8.58 Å². The lowest BCUT2D eigenvalue weighted by molar-refractivity contribution is 0.410. The molecule has 0 aliphatic heterocycles. The van der Waals surface area contributed by atoms with Crippen molar-refractivity contribution in [2.75, 3.05) is 7.11 Å². The van der Waals surface area contributed by atoms with Crippen LogP contribution in [0.3, 0.4) is 0 Å². The molecule has 0 saturated carbocycles. The van der Waals surface area contributed by atoms with Crippen LogP contribution in [0.4, 0.5) is 0 Å². The molecule has 4 aromatic rings. The third kappa shape index (κ3) is 3.98. The lowest BCUT2D eigenvalue weighted by atomic mass is 9.96. The lowest BCUT2D eigenvalue weighted by Gasteiger charge is -2.23. The minimum Gasteiger partial charge on any atom is -0.496 e. The van der Waals surface area contributed by atoms with E-state index in [9.17, 15) is 0 Å². The average Bonchev–Trinajstić information content (AvgIpc) is 2.79. The molecule has 0 radical (unpaired) electrons. The normalized spacial score (nSPS) is 12.2. The number of benzene rings is 3. The van der Waals surface area contributed by atoms with Crippen molar-refractivity contribution in [1.29, 1.82) is 0 Å². The number of hydrogen-bond donors (Lipinski definition) is 0. The number of aromatic nitrogens is 1. The number of para-hydroxylation sites is 1. The van der Waals surface area contributed by atoms with Crippen LogP contribution in [0.25, 0.3) is 11.3 Å². The summed E-state index contributed by atoms with van der Waals surface area (Å²) in [4.78, 5) is 4.61. The maximum absolute atomic E-state index is 5.72. The largest absolute Gasteiger partial charge is 0.496 e. The van der Waals surface area contributed by atoms with Crippen LogP contribution in [0.15, 0.2) is 103 Å². The van der Waals surface area contributed by atoms with Gasteiger partial charge in [-0.3, -0.25) is 4.98 Å². The highest BCUT2D eigenvalue weighted by molar-refractivity contribution is 7.47. The van der Waals surface area contributed by atoms with Gasteiger partial charge in [-0.2, -0.15) is 0 Å². The fourth-order valence-electron chi connectivity index (χ4n) is 3.43. The van der Waals surface area contributed by atoms with Crippen LogP contribution in [0.5, 0.6) is 5.75 Å². The highest BCUT2D eigenvalue weighted by Gasteiger charge is 2.22. The third-order valence-electron chi connectivity index (χ3n) is 4.75. The number of rotatable bonds is 6. The Morgan fingerprint density at radius 1 is 0.714 bits per heavy atom. The Labute approximate surface area is 168 Å². The summed E-state index contributed by atoms with van der Waals surface area (Å²) >= 11 is 0. The Balaban J connectivity index is 1.87. The van der Waals surface area contributed by atoms with Gasteiger partial charge in [0.15, 0.2) is 0 Å². The van der Waals surface area contributed by atoms with Crippen LogP contribution in [-0.4, -0.2) is 12.1 Å². The van der Waals surface area contributed by atoms with E-state index < -0.39 is 0 Å². The highest BCUT2D eigenvalue weighted by Crippen LogP contribution is 2.46. The van der Waals surface area contributed by atoms with Crippen LogP contribution in [0.1, 0.15) is 16.8 Å². The van der Waals surface area contributed by atoms with Crippen molar-refractivity contribution in [3.05, 3.63) is 114 Å². The summed E-state index contributed by atoms with van der Waals surface area (Å²) in [5.74, 6) is 0.923. The molecule has 0 N–H and O–H groups in total. The van der Waals surface area contributed by atoms with Gasteiger partial charge in [-0.05, 0) is 29.1 Å². The van der Waals surface area contributed by atoms with E-state index in [0.717, 1.165) is 11.4 Å². The molecule has 1 heterocycles. The van der Waals surface area contributed by atoms with Gasteiger partial charge in [-0.25, -0.2) is 0 Å². The van der Waals surface area contributed by atoms with E-state index in [-0.39, 0.29) is 5.66 Å². The summed E-state index contributed by atoms with van der Waals surface area (Å²) in [6, 6.07) is 33.6. The fourth-order valence-corrected chi connectivity index (χ4v) is 4.95. The van der Waals surface area contributed by atoms with Crippen LogP contribution < -0.4 is 10.0 Å². The summed E-state index contributed by atoms with van der Waals surface area (Å²) in [6.45, 7) is 0. The van der Waals surface area contributed by atoms with Gasteiger partial charge in [-0.15, -0.1) is 0 Å². The van der Waals surface area contributed by atoms with E-state index in [1.54, 1.807) is 7.11 Å². The molecule has 28 heavy (non-hydrogen) atoms. The zero-order valence-corrected chi connectivity index (χ0v) is 16.7. The maximum atomic E-state index is 5.72. The third-order valence-corrected chi connectivity index (χ3v) is 6.32. The van der Waals surface area contributed by atoms with E-state index >= 15 is 0 Å². The smallest absolute Gasteiger partial charge is 0.123 e. The van der Waals surface area contributed by atoms with Gasteiger partial charge >= 0.3 is 0 Å². The van der Waals surface area contributed by atoms with Gasteiger partial charge in [-0.1, -0.05) is 87.4 Å². The minimum absolute atomic E-state index is 0.191. The Hall–Kier alpha value is -2.96. The number of ether oxygens (including phenoxy) is 1. The zero-order valence-electron chi connectivity index (χ0n) is 15.7. The quantitative estimate of drug-likeness (QED) is 0.390. The first-order chi connectivity index (χ1) is 13.9. The van der Waals surface area contributed by atoms with Crippen molar-refractivity contribution in [2.24, 2.45) is 0 Å². The molecule has 0 amide bonds. The summed E-state index contributed by atoms with van der Waals surface area (Å²) < 4.78 is 5.72. The molecule has 3 heteroatoms. The summed E-state index contributed by atoms with van der Waals surface area (Å²) in [5, 5.41) is 1.33. The van der Waals surface area contributed by atoms with Crippen molar-refractivity contribution >= 4 is 13.9 Å². The predicted octanol–water partition coefficient (Wildman–Crippen LogP) is 5.85. The van der Waals surface area contributed by atoms with Crippen molar-refractivity contribution in [3.8, 4) is 17.0 Å². The lowest BCUT2D eigenvalue weighted by Crippen LogP contribution is -2.05. The Morgan fingerprint density at radius 3 is 2.14 bits per heavy atom. The van der Waals surface area contributed by atoms with Gasteiger partial charge in [0, 0.05) is 23.0 Å². The number of pyridine rings is 1. The standard InChI is InChI=1S/C25H22NOP/c1-27-24-17-8-7-15-22(24)25(28-19-11-3-2-4-12-19)21-14-6-5-13-20(21)23-16-9-10-18-26-23/h2-18,25,28H,1H3. The molecule has 3 aromatic carbocycles. The van der Waals surface area contributed by atoms with Crippen LogP contribution in [0, 0.1) is 0 Å². The zero-order chi connectivity index (χ0) is 19.2. The molecule has 1 aromatic heterocycles. The van der Waals surface area contributed by atoms with Gasteiger partial charge in [0.2, 0.25) is 0 Å². The van der Waals surface area contributed by atoms with E-state index in [4.69, 9.17) is 4.74 Å². The average molecular weight is 383 g/mol. The summed E-state index contributed by atoms with van der Waals surface area (Å²) in [7, 11) is 2.33. The van der Waals surface area contributed by atoms with E-state index in [1.165, 1.54) is 22.0 Å². The molecule has 0 aliphatic carbocycles. The highest BCUT2D eigenvalue weighted by atomic mass is 31.1. The van der Waals surface area contributed by atoms with Crippen LogP contribution in [0.2, 0.25) is 0 Å². The van der Waals surface area contributed by atoms with Crippen LogP contribution in [-0.2, 0) is 0 Å². The summed E-state index contributed by atoms with van der Waals surface area (Å²) in [5.41, 5.74) is 4.83. The topological polar surface area (TPSA) is 22.1 Å². The second kappa shape index (κ2) is 8.82. The van der Waals surface area contributed by atoms with Gasteiger partial charge < -0.3 is 4.74 Å². The molecule has 0 fully saturated rings. The molecule has 2 unspecified atom stereocenters. The molecule has 4 rings (SSSR count). The molecule has 2 nitrogen and oxygen atoms in total. The first-order valence-electron chi connectivity index (χ1n) is 9.31. The van der Waals surface area contributed by atoms with Gasteiger partial charge in [0.05, 0.1) is 12.8 Å². The number of nitrogens with zero attached hydrogens (tertiary/aromatic N) is 1. The fraction of sp³-hybridized carbons (Fsp3) is 0.0800. The monoisotopic (exact) mass is 383 g/mol. The molecule has 2 atom stereocenters. The maximum Gasteiger partial charge on any atom is 0.123 e. The Kier molecular flexibility index (Phi) is 5.80. The number of hydrogen-bond acceptors (Lipinski definition) is 2. The first-order valence-corrected chi connectivity index (χ1v) is 10.4. The second-order valence-electron chi connectivity index (χ2n) is 6.49. The van der Waals surface area contributed by atoms with Crippen molar-refractivity contribution in [2.45, 2.75) is 5.66 Å². The molecule has 0 aliphatic rings. The molecular formula is C25H22NOP. The van der Waals surface area contributed by atoms with Crippen molar-refractivity contribution in [3.63, 3.8) is 0 Å². The second-order valence-corrected chi connectivity index (χ2v) is 7.93. The number of methoxy groups -OCH3 is 1. The molecular weight excluding hydrogens is 361 g/mol. The van der Waals surface area contributed by atoms with Crippen molar-refractivity contribution < 1.29 is 4.74 Å². The Morgan fingerprint density at radius 2 is 1.39 bits per heavy atom. The van der Waals surface area contributed by atoms with E-state index in [1.807, 2.05) is 30.5 Å². The minimum atomic E-state index is 0.191. The molecule has 0 saturated heterocycles. The first kappa shape index (κ1) is 18.4. The molecule has 138 valence electrons. The predicted molar refractivity (Wildman–Crippen MR) is 119 cm³/mol. The SMILES string of the molecule is COc1ccccc1C(Pc1ccccc1)c1ccccc1-c1ccccn1. The van der Waals surface area contributed by atoms with Crippen molar-refractivity contribution in [1.82, 2.24) is 4.98 Å². The van der Waals surface area contributed by atoms with E-state index in [2.05, 4.69) is 77.8 Å². The Bertz CT molecular complexity index is 1030. The van der Waals surface area contributed by atoms with Gasteiger partial charge in [0.25, 0.3) is 0 Å². The van der Waals surface area contributed by atoms with Gasteiger partial charge in [0.1, 0.15) is 5.75 Å². The van der Waals surface area contributed by atoms with Crippen LogP contribution >= 0.6 is 8.58 Å². The summed E-state index contributed by atoms with van der Waals surface area (Å²) in [6.07, 6.45) is 1.85. The molecule has 0 spiro atoms.